The molecule has 0 spiro atoms. The maximum absolute atomic E-state index is 13.2. The molecule has 82 valence electrons. The zero-order valence-corrected chi connectivity index (χ0v) is 9.07. The fourth-order valence-electron chi connectivity index (χ4n) is 1.68. The summed E-state index contributed by atoms with van der Waals surface area (Å²) in [5, 5.41) is 0. The van der Waals surface area contributed by atoms with Gasteiger partial charge >= 0.3 is 0 Å². The second kappa shape index (κ2) is 4.41. The zero-order chi connectivity index (χ0) is 11.5. The third kappa shape index (κ3) is 1.95. The van der Waals surface area contributed by atoms with E-state index >= 15 is 0 Å². The van der Waals surface area contributed by atoms with Crippen LogP contribution in [0.4, 0.5) is 4.39 Å². The number of pyridine rings is 1. The van der Waals surface area contributed by atoms with Gasteiger partial charge in [-0.2, -0.15) is 0 Å². The Kier molecular flexibility index (Phi) is 2.97. The molecule has 16 heavy (non-hydrogen) atoms. The average Bonchev–Trinajstić information content (AvgIpc) is 2.32. The molecule has 0 aliphatic rings. The zero-order valence-electron chi connectivity index (χ0n) is 9.07. The molecule has 3 heteroatoms. The highest BCUT2D eigenvalue weighted by atomic mass is 19.1. The molecule has 0 saturated carbocycles. The Morgan fingerprint density at radius 2 is 2.12 bits per heavy atom. The quantitative estimate of drug-likeness (QED) is 0.838. The first-order valence-electron chi connectivity index (χ1n) is 5.12. The van der Waals surface area contributed by atoms with Crippen LogP contribution in [0.5, 0.6) is 0 Å². The third-order valence-corrected chi connectivity index (χ3v) is 2.59. The van der Waals surface area contributed by atoms with Crippen molar-refractivity contribution in [3.05, 3.63) is 53.6 Å². The third-order valence-electron chi connectivity index (χ3n) is 2.59. The molecule has 2 nitrogen and oxygen atoms in total. The predicted octanol–water partition coefficient (Wildman–Crippen LogP) is 2.65. The number of aryl methyl sites for hydroxylation is 1. The molecule has 0 unspecified atom stereocenters. The molecule has 2 N–H and O–H groups in total. The van der Waals surface area contributed by atoms with Crippen LogP contribution in [-0.2, 0) is 6.54 Å². The van der Waals surface area contributed by atoms with Crippen molar-refractivity contribution in [3.8, 4) is 11.1 Å². The van der Waals surface area contributed by atoms with Gasteiger partial charge in [-0.05, 0) is 47.4 Å². The minimum atomic E-state index is -0.188. The first kappa shape index (κ1) is 10.8. The number of hydrogen-bond acceptors (Lipinski definition) is 2. The molecule has 1 aromatic carbocycles. The van der Waals surface area contributed by atoms with Crippen LogP contribution in [0.15, 0.2) is 36.7 Å². The van der Waals surface area contributed by atoms with Crippen molar-refractivity contribution < 1.29 is 4.39 Å². The highest BCUT2D eigenvalue weighted by Crippen LogP contribution is 2.24. The first-order valence-corrected chi connectivity index (χ1v) is 5.12. The summed E-state index contributed by atoms with van der Waals surface area (Å²) in [6, 6.07) is 6.96. The summed E-state index contributed by atoms with van der Waals surface area (Å²) in [5.41, 5.74) is 9.23. The number of hydrogen-bond donors (Lipinski definition) is 1. The van der Waals surface area contributed by atoms with E-state index in [0.717, 1.165) is 16.7 Å². The summed E-state index contributed by atoms with van der Waals surface area (Å²) < 4.78 is 13.2. The van der Waals surface area contributed by atoms with Crippen molar-refractivity contribution in [2.45, 2.75) is 13.5 Å². The maximum atomic E-state index is 13.2. The highest BCUT2D eigenvalue weighted by Gasteiger charge is 2.05. The molecular formula is C13H13FN2. The molecule has 0 radical (unpaired) electrons. The summed E-state index contributed by atoms with van der Waals surface area (Å²) in [5.74, 6) is -0.188. The summed E-state index contributed by atoms with van der Waals surface area (Å²) in [4.78, 5) is 4.03. The Morgan fingerprint density at radius 3 is 2.81 bits per heavy atom. The molecule has 1 heterocycles. The van der Waals surface area contributed by atoms with Gasteiger partial charge in [-0.3, -0.25) is 4.98 Å². The second-order valence-corrected chi connectivity index (χ2v) is 3.70. The van der Waals surface area contributed by atoms with Crippen molar-refractivity contribution in [2.24, 2.45) is 5.73 Å². The molecule has 0 fully saturated rings. The van der Waals surface area contributed by atoms with E-state index in [1.807, 2.05) is 12.1 Å². The number of nitrogens with two attached hydrogens (primary N) is 1. The van der Waals surface area contributed by atoms with Crippen LogP contribution in [-0.4, -0.2) is 4.98 Å². The lowest BCUT2D eigenvalue weighted by Gasteiger charge is -2.08. The van der Waals surface area contributed by atoms with Gasteiger partial charge in [-0.25, -0.2) is 4.39 Å². The maximum Gasteiger partial charge on any atom is 0.126 e. The van der Waals surface area contributed by atoms with Gasteiger partial charge in [-0.1, -0.05) is 6.07 Å². The van der Waals surface area contributed by atoms with Gasteiger partial charge in [0.1, 0.15) is 5.82 Å². The van der Waals surface area contributed by atoms with Crippen molar-refractivity contribution in [1.82, 2.24) is 4.98 Å². The molecule has 0 aliphatic carbocycles. The number of rotatable bonds is 2. The molecule has 0 aliphatic heterocycles. The minimum Gasteiger partial charge on any atom is -0.326 e. The van der Waals surface area contributed by atoms with Gasteiger partial charge in [0.05, 0.1) is 0 Å². The predicted molar refractivity (Wildman–Crippen MR) is 62.3 cm³/mol. The van der Waals surface area contributed by atoms with Gasteiger partial charge in [0.15, 0.2) is 0 Å². The molecule has 2 aromatic rings. The van der Waals surface area contributed by atoms with E-state index in [1.54, 1.807) is 25.4 Å². The summed E-state index contributed by atoms with van der Waals surface area (Å²) in [6.07, 6.45) is 3.46. The van der Waals surface area contributed by atoms with E-state index in [2.05, 4.69) is 4.98 Å². The minimum absolute atomic E-state index is 0.188. The van der Waals surface area contributed by atoms with Gasteiger partial charge < -0.3 is 5.73 Å². The molecular weight excluding hydrogens is 203 g/mol. The Morgan fingerprint density at radius 1 is 1.31 bits per heavy atom. The molecule has 2 rings (SSSR count). The van der Waals surface area contributed by atoms with Crippen molar-refractivity contribution >= 4 is 0 Å². The second-order valence-electron chi connectivity index (χ2n) is 3.70. The number of nitrogens with zero attached hydrogens (tertiary/aromatic N) is 1. The molecule has 1 aromatic heterocycles. The van der Waals surface area contributed by atoms with E-state index in [4.69, 9.17) is 5.73 Å². The van der Waals surface area contributed by atoms with Crippen molar-refractivity contribution in [1.29, 1.82) is 0 Å². The van der Waals surface area contributed by atoms with Gasteiger partial charge in [0.2, 0.25) is 0 Å². The standard InChI is InChI=1S/C13H13FN2/c1-9-6-10(2-3-13(9)14)12-4-5-16-8-11(12)7-15/h2-6,8H,7,15H2,1H3. The van der Waals surface area contributed by atoms with Crippen molar-refractivity contribution in [2.75, 3.05) is 0 Å². The lowest BCUT2D eigenvalue weighted by molar-refractivity contribution is 0.619. The van der Waals surface area contributed by atoms with Crippen LogP contribution in [0.25, 0.3) is 11.1 Å². The van der Waals surface area contributed by atoms with Gasteiger partial charge in [-0.15, -0.1) is 0 Å². The van der Waals surface area contributed by atoms with Crippen LogP contribution in [0.1, 0.15) is 11.1 Å². The smallest absolute Gasteiger partial charge is 0.126 e. The lowest BCUT2D eigenvalue weighted by atomic mass is 10.00. The summed E-state index contributed by atoms with van der Waals surface area (Å²) >= 11 is 0. The average molecular weight is 216 g/mol. The van der Waals surface area contributed by atoms with Crippen LogP contribution in [0, 0.1) is 12.7 Å². The number of aromatic nitrogens is 1. The fraction of sp³-hybridized carbons (Fsp3) is 0.154. The molecule has 0 amide bonds. The van der Waals surface area contributed by atoms with Crippen LogP contribution in [0.3, 0.4) is 0 Å². The van der Waals surface area contributed by atoms with Crippen molar-refractivity contribution in [3.63, 3.8) is 0 Å². The van der Waals surface area contributed by atoms with Gasteiger partial charge in [0, 0.05) is 18.9 Å². The molecule has 0 bridgehead atoms. The summed E-state index contributed by atoms with van der Waals surface area (Å²) in [7, 11) is 0. The van der Waals surface area contributed by atoms with E-state index in [9.17, 15) is 4.39 Å². The molecule has 0 saturated heterocycles. The molecule has 0 atom stereocenters. The Labute approximate surface area is 93.9 Å². The van der Waals surface area contributed by atoms with E-state index in [1.165, 1.54) is 6.07 Å². The fourth-order valence-corrected chi connectivity index (χ4v) is 1.68. The topological polar surface area (TPSA) is 38.9 Å². The highest BCUT2D eigenvalue weighted by molar-refractivity contribution is 5.67. The Bertz CT molecular complexity index is 509. The Balaban J connectivity index is 2.54. The summed E-state index contributed by atoms with van der Waals surface area (Å²) in [6.45, 7) is 2.18. The van der Waals surface area contributed by atoms with Crippen LogP contribution >= 0.6 is 0 Å². The van der Waals surface area contributed by atoms with E-state index in [-0.39, 0.29) is 5.82 Å². The normalized spacial score (nSPS) is 10.4. The SMILES string of the molecule is Cc1cc(-c2ccncc2CN)ccc1F. The largest absolute Gasteiger partial charge is 0.326 e. The first-order chi connectivity index (χ1) is 7.72. The Hall–Kier alpha value is -1.74. The number of halogens is 1. The van der Waals surface area contributed by atoms with Crippen LogP contribution in [0.2, 0.25) is 0 Å². The monoisotopic (exact) mass is 216 g/mol. The van der Waals surface area contributed by atoms with E-state index in [0.29, 0.717) is 12.1 Å². The van der Waals surface area contributed by atoms with Crippen LogP contribution < -0.4 is 5.73 Å². The van der Waals surface area contributed by atoms with Gasteiger partial charge in [0.25, 0.3) is 0 Å². The lowest BCUT2D eigenvalue weighted by Crippen LogP contribution is -1.99. The number of benzene rings is 1. The van der Waals surface area contributed by atoms with E-state index < -0.39 is 0 Å².